The summed E-state index contributed by atoms with van der Waals surface area (Å²) in [5.74, 6) is 2.93. The van der Waals surface area contributed by atoms with E-state index in [1.54, 1.807) is 0 Å². The fraction of sp³-hybridized carbons (Fsp3) is 0.739. The van der Waals surface area contributed by atoms with Crippen LogP contribution in [0, 0.1) is 29.1 Å². The number of hydrogen-bond donors (Lipinski definition) is 1. The van der Waals surface area contributed by atoms with Gasteiger partial charge in [-0.25, -0.2) is 9.97 Å². The average molecular weight is 409 g/mol. The molecule has 1 aliphatic carbocycles. The first-order valence-corrected chi connectivity index (χ1v) is 11.7. The van der Waals surface area contributed by atoms with Gasteiger partial charge in [0, 0.05) is 31.6 Å². The predicted molar refractivity (Wildman–Crippen MR) is 114 cm³/mol. The Balaban J connectivity index is 1.45. The summed E-state index contributed by atoms with van der Waals surface area (Å²) < 4.78 is 0. The predicted octanol–water partition coefficient (Wildman–Crippen LogP) is 3.11. The van der Waals surface area contributed by atoms with Crippen molar-refractivity contribution in [3.8, 4) is 6.07 Å². The molecule has 4 atom stereocenters. The van der Waals surface area contributed by atoms with Crippen molar-refractivity contribution in [1.82, 2.24) is 14.9 Å². The molecule has 1 aromatic heterocycles. The van der Waals surface area contributed by atoms with Gasteiger partial charge in [-0.1, -0.05) is 32.1 Å². The molecular formula is C23H32N6O. The molecule has 1 saturated carbocycles. The molecule has 0 aromatic carbocycles. The number of nitrogens with two attached hydrogens (primary N) is 1. The highest BCUT2D eigenvalue weighted by molar-refractivity contribution is 5.78. The molecule has 4 fully saturated rings. The van der Waals surface area contributed by atoms with Gasteiger partial charge in [-0.05, 0) is 43.4 Å². The Morgan fingerprint density at radius 2 is 1.90 bits per heavy atom. The second-order valence-electron chi connectivity index (χ2n) is 9.80. The van der Waals surface area contributed by atoms with E-state index in [0.717, 1.165) is 38.3 Å². The maximum atomic E-state index is 13.0. The SMILES string of the molecule is N#Cc1c(N)ncnc1N1C[C@H]2C[C@@H](C1)[C@H](CC1CCCCC1)N1C(=O)CCC[C@@H]21. The number of amides is 1. The molecule has 0 unspecified atom stereocenters. The number of anilines is 2. The summed E-state index contributed by atoms with van der Waals surface area (Å²) in [6, 6.07) is 2.88. The van der Waals surface area contributed by atoms with E-state index in [1.165, 1.54) is 44.9 Å². The van der Waals surface area contributed by atoms with Crippen LogP contribution in [-0.2, 0) is 4.79 Å². The number of carbonyl (C=O) groups is 1. The molecule has 5 rings (SSSR count). The Hall–Kier alpha value is -2.36. The molecule has 7 heteroatoms. The first-order chi connectivity index (χ1) is 14.7. The number of nitriles is 1. The Bertz CT molecular complexity index is 845. The maximum Gasteiger partial charge on any atom is 0.223 e. The maximum absolute atomic E-state index is 13.0. The quantitative estimate of drug-likeness (QED) is 0.825. The number of rotatable bonds is 3. The van der Waals surface area contributed by atoms with Crippen molar-refractivity contribution in [2.45, 2.75) is 76.3 Å². The molecule has 0 spiro atoms. The van der Waals surface area contributed by atoms with Crippen LogP contribution in [0.5, 0.6) is 0 Å². The van der Waals surface area contributed by atoms with E-state index in [-0.39, 0.29) is 5.82 Å². The zero-order valence-electron chi connectivity index (χ0n) is 17.7. The molecule has 1 amide bonds. The highest BCUT2D eigenvalue weighted by atomic mass is 16.2. The van der Waals surface area contributed by atoms with Crippen LogP contribution in [0.1, 0.15) is 69.8 Å². The van der Waals surface area contributed by atoms with Gasteiger partial charge in [-0.15, -0.1) is 0 Å². The standard InChI is InChI=1S/C23H32N6O/c24-11-18-22(25)26-14-27-23(18)28-12-16-10-17(13-28)20(9-15-5-2-1-3-6-15)29-19(16)7-4-8-21(29)30/h14-17,19-20H,1-10,12-13H2,(H2,25,26,27)/t16-,17+,19+,20+/m1/s1. The van der Waals surface area contributed by atoms with E-state index >= 15 is 0 Å². The summed E-state index contributed by atoms with van der Waals surface area (Å²) in [4.78, 5) is 26.1. The second-order valence-corrected chi connectivity index (χ2v) is 9.80. The molecule has 7 nitrogen and oxygen atoms in total. The minimum Gasteiger partial charge on any atom is -0.382 e. The molecule has 4 heterocycles. The minimum atomic E-state index is 0.256. The van der Waals surface area contributed by atoms with Crippen molar-refractivity contribution >= 4 is 17.5 Å². The van der Waals surface area contributed by atoms with Gasteiger partial charge in [-0.2, -0.15) is 5.26 Å². The smallest absolute Gasteiger partial charge is 0.223 e. The van der Waals surface area contributed by atoms with E-state index < -0.39 is 0 Å². The zero-order valence-corrected chi connectivity index (χ0v) is 17.7. The minimum absolute atomic E-state index is 0.256. The van der Waals surface area contributed by atoms with Crippen LogP contribution >= 0.6 is 0 Å². The Morgan fingerprint density at radius 1 is 1.10 bits per heavy atom. The number of carbonyl (C=O) groups excluding carboxylic acids is 1. The summed E-state index contributed by atoms with van der Waals surface area (Å²) in [5.41, 5.74) is 6.36. The van der Waals surface area contributed by atoms with E-state index in [2.05, 4.69) is 25.8 Å². The number of aromatic nitrogens is 2. The summed E-state index contributed by atoms with van der Waals surface area (Å²) in [6.45, 7) is 1.68. The molecule has 2 N–H and O–H groups in total. The van der Waals surface area contributed by atoms with Crippen LogP contribution < -0.4 is 10.6 Å². The molecule has 3 saturated heterocycles. The molecule has 0 radical (unpaired) electrons. The van der Waals surface area contributed by atoms with Crippen LogP contribution in [-0.4, -0.2) is 45.9 Å². The van der Waals surface area contributed by atoms with E-state index in [4.69, 9.17) is 5.73 Å². The summed E-state index contributed by atoms with van der Waals surface area (Å²) in [7, 11) is 0. The lowest BCUT2D eigenvalue weighted by atomic mass is 9.69. The molecular weight excluding hydrogens is 376 g/mol. The third-order valence-electron chi connectivity index (χ3n) is 8.06. The number of hydrogen-bond acceptors (Lipinski definition) is 6. The average Bonchev–Trinajstić information content (AvgIpc) is 2.77. The van der Waals surface area contributed by atoms with Crippen LogP contribution in [0.3, 0.4) is 0 Å². The second kappa shape index (κ2) is 8.05. The Labute approximate surface area is 178 Å². The molecule has 1 aromatic rings. The van der Waals surface area contributed by atoms with Gasteiger partial charge in [-0.3, -0.25) is 4.79 Å². The highest BCUT2D eigenvalue weighted by Gasteiger charge is 2.50. The van der Waals surface area contributed by atoms with Gasteiger partial charge in [0.1, 0.15) is 23.8 Å². The lowest BCUT2D eigenvalue weighted by molar-refractivity contribution is -0.149. The highest BCUT2D eigenvalue weighted by Crippen LogP contribution is 2.45. The van der Waals surface area contributed by atoms with Gasteiger partial charge >= 0.3 is 0 Å². The van der Waals surface area contributed by atoms with E-state index in [9.17, 15) is 10.1 Å². The fourth-order valence-electron chi connectivity index (χ4n) is 6.75. The van der Waals surface area contributed by atoms with Crippen LogP contribution in [0.15, 0.2) is 6.33 Å². The largest absolute Gasteiger partial charge is 0.382 e. The van der Waals surface area contributed by atoms with Gasteiger partial charge in [0.15, 0.2) is 5.82 Å². The van der Waals surface area contributed by atoms with Crippen molar-refractivity contribution in [2.75, 3.05) is 23.7 Å². The van der Waals surface area contributed by atoms with Gasteiger partial charge in [0.05, 0.1) is 0 Å². The molecule has 2 bridgehead atoms. The zero-order chi connectivity index (χ0) is 20.7. The van der Waals surface area contributed by atoms with Crippen molar-refractivity contribution < 1.29 is 4.79 Å². The monoisotopic (exact) mass is 408 g/mol. The van der Waals surface area contributed by atoms with Gasteiger partial charge < -0.3 is 15.5 Å². The normalized spacial score (nSPS) is 31.9. The molecule has 4 aliphatic rings. The molecule has 3 aliphatic heterocycles. The van der Waals surface area contributed by atoms with Crippen molar-refractivity contribution in [3.05, 3.63) is 11.9 Å². The van der Waals surface area contributed by atoms with Crippen LogP contribution in [0.25, 0.3) is 0 Å². The summed E-state index contributed by atoms with van der Waals surface area (Å²) in [6.07, 6.45) is 13.3. The first-order valence-electron chi connectivity index (χ1n) is 11.7. The fourth-order valence-corrected chi connectivity index (χ4v) is 6.75. The topological polar surface area (TPSA) is 99.1 Å². The molecule has 30 heavy (non-hydrogen) atoms. The lowest BCUT2D eigenvalue weighted by Gasteiger charge is -2.57. The number of nitrogen functional groups attached to an aromatic ring is 1. The van der Waals surface area contributed by atoms with Crippen molar-refractivity contribution in [2.24, 2.45) is 17.8 Å². The van der Waals surface area contributed by atoms with Crippen molar-refractivity contribution in [3.63, 3.8) is 0 Å². The number of piperidine rings is 3. The Kier molecular flexibility index (Phi) is 5.26. The van der Waals surface area contributed by atoms with Crippen LogP contribution in [0.2, 0.25) is 0 Å². The Morgan fingerprint density at radius 3 is 2.70 bits per heavy atom. The van der Waals surface area contributed by atoms with Gasteiger partial charge in [0.2, 0.25) is 5.91 Å². The number of fused-ring (bicyclic) bond motifs is 4. The third-order valence-corrected chi connectivity index (χ3v) is 8.06. The molecule has 160 valence electrons. The lowest BCUT2D eigenvalue weighted by Crippen LogP contribution is -2.65. The summed E-state index contributed by atoms with van der Waals surface area (Å²) >= 11 is 0. The van der Waals surface area contributed by atoms with Crippen molar-refractivity contribution in [1.29, 1.82) is 5.26 Å². The van der Waals surface area contributed by atoms with Crippen LogP contribution in [0.4, 0.5) is 11.6 Å². The van der Waals surface area contributed by atoms with E-state index in [1.807, 2.05) is 0 Å². The number of nitrogens with zero attached hydrogens (tertiary/aromatic N) is 5. The third kappa shape index (κ3) is 3.40. The first kappa shape index (κ1) is 19.6. The van der Waals surface area contributed by atoms with Gasteiger partial charge in [0.25, 0.3) is 0 Å². The van der Waals surface area contributed by atoms with E-state index in [0.29, 0.717) is 47.6 Å². The summed E-state index contributed by atoms with van der Waals surface area (Å²) in [5, 5.41) is 9.63.